The van der Waals surface area contributed by atoms with Gasteiger partial charge in [-0.25, -0.2) is 8.42 Å². The van der Waals surface area contributed by atoms with Crippen molar-refractivity contribution in [1.29, 1.82) is 0 Å². The molecule has 0 bridgehead atoms. The minimum Gasteiger partial charge on any atom is -0.212 e. The third kappa shape index (κ3) is 3.33. The van der Waals surface area contributed by atoms with E-state index in [1.807, 2.05) is 0 Å². The Morgan fingerprint density at radius 3 is 1.63 bits per heavy atom. The smallest absolute Gasteiger partial charge is 0.212 e. The molecule has 0 spiro atoms. The quantitative estimate of drug-likeness (QED) is 0.792. The van der Waals surface area contributed by atoms with Crippen LogP contribution in [0.2, 0.25) is 0 Å². The van der Waals surface area contributed by atoms with Gasteiger partial charge in [-0.1, -0.05) is 20.8 Å². The Labute approximate surface area is 119 Å². The van der Waals surface area contributed by atoms with Gasteiger partial charge in [-0.3, -0.25) is 0 Å². The number of rotatable bonds is 4. The molecule has 114 valence electrons. The summed E-state index contributed by atoms with van der Waals surface area (Å²) < 4.78 is 26.9. The Balaban J connectivity index is 3.23. The highest BCUT2D eigenvalue weighted by Crippen LogP contribution is 2.42. The number of hydrogen-bond acceptors (Lipinski definition) is 2. The highest BCUT2D eigenvalue weighted by molar-refractivity contribution is 7.90. The van der Waals surface area contributed by atoms with Crippen LogP contribution >= 0.6 is 0 Å². The lowest BCUT2D eigenvalue weighted by molar-refractivity contribution is 0.0844. The van der Waals surface area contributed by atoms with Gasteiger partial charge in [-0.2, -0.15) is 4.31 Å². The van der Waals surface area contributed by atoms with Crippen molar-refractivity contribution in [1.82, 2.24) is 4.31 Å². The van der Waals surface area contributed by atoms with Crippen molar-refractivity contribution in [3.8, 4) is 0 Å². The molecule has 0 aliphatic heterocycles. The SMILES string of the molecule is CC(C)(C)C(C)(C)N(CC1CC1)S(=O)(=O)C(C)(C)C. The predicted molar refractivity (Wildman–Crippen MR) is 81.6 cm³/mol. The summed E-state index contributed by atoms with van der Waals surface area (Å²) >= 11 is 0. The zero-order valence-electron chi connectivity index (χ0n) is 13.9. The second-order valence-corrected chi connectivity index (χ2v) is 11.0. The second kappa shape index (κ2) is 4.73. The molecule has 0 atom stereocenters. The normalized spacial score (nSPS) is 19.0. The zero-order chi connectivity index (χ0) is 15.3. The molecule has 0 N–H and O–H groups in total. The summed E-state index contributed by atoms with van der Waals surface area (Å²) in [5, 5.41) is 0. The Morgan fingerprint density at radius 2 is 1.37 bits per heavy atom. The fourth-order valence-corrected chi connectivity index (χ4v) is 3.81. The van der Waals surface area contributed by atoms with E-state index in [1.165, 1.54) is 0 Å². The van der Waals surface area contributed by atoms with Gasteiger partial charge in [-0.05, 0) is 58.8 Å². The van der Waals surface area contributed by atoms with E-state index < -0.39 is 14.8 Å². The van der Waals surface area contributed by atoms with Crippen LogP contribution in [-0.2, 0) is 10.0 Å². The topological polar surface area (TPSA) is 37.4 Å². The maximum Gasteiger partial charge on any atom is 0.219 e. The van der Waals surface area contributed by atoms with Crippen molar-refractivity contribution < 1.29 is 8.42 Å². The first kappa shape index (κ1) is 17.0. The molecular formula is C15H31NO2S. The molecule has 0 saturated heterocycles. The van der Waals surface area contributed by atoms with Gasteiger partial charge in [-0.15, -0.1) is 0 Å². The summed E-state index contributed by atoms with van der Waals surface area (Å²) in [7, 11) is -3.30. The van der Waals surface area contributed by atoms with Crippen LogP contribution in [0, 0.1) is 11.3 Å². The number of sulfonamides is 1. The van der Waals surface area contributed by atoms with Crippen molar-refractivity contribution in [3.05, 3.63) is 0 Å². The lowest BCUT2D eigenvalue weighted by atomic mass is 9.76. The maximum atomic E-state index is 12.9. The Bertz CT molecular complexity index is 420. The van der Waals surface area contributed by atoms with Crippen LogP contribution in [0.3, 0.4) is 0 Å². The van der Waals surface area contributed by atoms with Crippen LogP contribution < -0.4 is 0 Å². The Morgan fingerprint density at radius 1 is 0.947 bits per heavy atom. The van der Waals surface area contributed by atoms with Crippen LogP contribution in [0.4, 0.5) is 0 Å². The largest absolute Gasteiger partial charge is 0.219 e. The molecule has 1 rings (SSSR count). The zero-order valence-corrected chi connectivity index (χ0v) is 14.7. The first-order chi connectivity index (χ1) is 8.21. The molecule has 1 saturated carbocycles. The van der Waals surface area contributed by atoms with Gasteiger partial charge in [0.15, 0.2) is 0 Å². The lowest BCUT2D eigenvalue weighted by Gasteiger charge is -2.48. The maximum absolute atomic E-state index is 12.9. The fourth-order valence-electron chi connectivity index (χ4n) is 1.87. The van der Waals surface area contributed by atoms with E-state index in [0.717, 1.165) is 12.8 Å². The lowest BCUT2D eigenvalue weighted by Crippen LogP contribution is -2.59. The summed E-state index contributed by atoms with van der Waals surface area (Å²) in [5.41, 5.74) is -0.484. The van der Waals surface area contributed by atoms with Crippen molar-refractivity contribution in [2.45, 2.75) is 78.5 Å². The van der Waals surface area contributed by atoms with Crippen molar-refractivity contribution in [2.75, 3.05) is 6.54 Å². The van der Waals surface area contributed by atoms with E-state index in [0.29, 0.717) is 12.5 Å². The molecule has 0 heterocycles. The highest BCUT2D eigenvalue weighted by atomic mass is 32.2. The minimum absolute atomic E-state index is 0.0970. The standard InChI is InChI=1S/C15H31NO2S/c1-13(2,3)15(7,8)16(11-12-9-10-12)19(17,18)14(4,5)6/h12H,9-11H2,1-8H3. The molecule has 19 heavy (non-hydrogen) atoms. The molecule has 0 amide bonds. The summed E-state index contributed by atoms with van der Waals surface area (Å²) in [6, 6.07) is 0. The van der Waals surface area contributed by atoms with Gasteiger partial charge in [0.05, 0.1) is 4.75 Å². The van der Waals surface area contributed by atoms with Crippen molar-refractivity contribution >= 4 is 10.0 Å². The number of hydrogen-bond donors (Lipinski definition) is 0. The van der Waals surface area contributed by atoms with Crippen LogP contribution in [0.15, 0.2) is 0 Å². The monoisotopic (exact) mass is 289 g/mol. The molecule has 0 aromatic heterocycles. The van der Waals surface area contributed by atoms with E-state index in [1.54, 1.807) is 25.1 Å². The van der Waals surface area contributed by atoms with Crippen LogP contribution in [0.1, 0.15) is 68.2 Å². The van der Waals surface area contributed by atoms with Gasteiger partial charge in [0, 0.05) is 12.1 Å². The van der Waals surface area contributed by atoms with Gasteiger partial charge < -0.3 is 0 Å². The average molecular weight is 289 g/mol. The van der Waals surface area contributed by atoms with Gasteiger partial charge in [0.2, 0.25) is 10.0 Å². The average Bonchev–Trinajstić information content (AvgIpc) is 2.92. The summed E-state index contributed by atoms with van der Waals surface area (Å²) in [5.74, 6) is 0.554. The van der Waals surface area contributed by atoms with E-state index in [9.17, 15) is 8.42 Å². The van der Waals surface area contributed by atoms with E-state index in [4.69, 9.17) is 0 Å². The summed E-state index contributed by atoms with van der Waals surface area (Å²) in [6.45, 7) is 16.5. The molecule has 1 aliphatic rings. The van der Waals surface area contributed by atoms with Crippen molar-refractivity contribution in [2.24, 2.45) is 11.3 Å². The summed E-state index contributed by atoms with van der Waals surface area (Å²) in [6.07, 6.45) is 2.33. The molecule has 0 aromatic carbocycles. The van der Waals surface area contributed by atoms with Gasteiger partial charge in [0.1, 0.15) is 0 Å². The van der Waals surface area contributed by atoms with E-state index in [2.05, 4.69) is 34.6 Å². The third-order valence-electron chi connectivity index (χ3n) is 4.64. The Kier molecular flexibility index (Phi) is 4.22. The minimum atomic E-state index is -3.30. The highest BCUT2D eigenvalue weighted by Gasteiger charge is 2.49. The van der Waals surface area contributed by atoms with Gasteiger partial charge >= 0.3 is 0 Å². The molecule has 0 radical (unpaired) electrons. The molecule has 0 unspecified atom stereocenters. The van der Waals surface area contributed by atoms with Crippen LogP contribution in [0.5, 0.6) is 0 Å². The first-order valence-corrected chi connectivity index (χ1v) is 8.67. The summed E-state index contributed by atoms with van der Waals surface area (Å²) in [4.78, 5) is 0. The molecule has 3 nitrogen and oxygen atoms in total. The van der Waals surface area contributed by atoms with Crippen LogP contribution in [-0.4, -0.2) is 29.6 Å². The Hall–Kier alpha value is -0.0900. The van der Waals surface area contributed by atoms with E-state index in [-0.39, 0.29) is 11.0 Å². The molecular weight excluding hydrogens is 258 g/mol. The van der Waals surface area contributed by atoms with E-state index >= 15 is 0 Å². The van der Waals surface area contributed by atoms with Gasteiger partial charge in [0.25, 0.3) is 0 Å². The fraction of sp³-hybridized carbons (Fsp3) is 1.00. The molecule has 1 fully saturated rings. The molecule has 4 heteroatoms. The van der Waals surface area contributed by atoms with Crippen molar-refractivity contribution in [3.63, 3.8) is 0 Å². The molecule has 0 aromatic rings. The third-order valence-corrected chi connectivity index (χ3v) is 7.38. The predicted octanol–water partition coefficient (Wildman–Crippen LogP) is 3.65. The molecule has 1 aliphatic carbocycles. The second-order valence-electron chi connectivity index (χ2n) is 8.40. The van der Waals surface area contributed by atoms with Crippen LogP contribution in [0.25, 0.3) is 0 Å². The number of nitrogens with zero attached hydrogens (tertiary/aromatic N) is 1. The first-order valence-electron chi connectivity index (χ1n) is 7.23.